The highest BCUT2D eigenvalue weighted by Crippen LogP contribution is 2.52. The van der Waals surface area contributed by atoms with Crippen molar-refractivity contribution in [1.29, 1.82) is 0 Å². The number of hydrogen-bond donors (Lipinski definition) is 7. The molecule has 15 atom stereocenters. The van der Waals surface area contributed by atoms with E-state index in [0.29, 0.717) is 30.4 Å². The molecule has 0 aromatic heterocycles. The first-order chi connectivity index (χ1) is 19.0. The molecule has 13 heteroatoms. The van der Waals surface area contributed by atoms with Crippen molar-refractivity contribution >= 4 is 5.97 Å². The number of esters is 1. The van der Waals surface area contributed by atoms with Crippen LogP contribution in [0, 0.1) is 17.8 Å². The van der Waals surface area contributed by atoms with Crippen LogP contribution < -0.4 is 0 Å². The summed E-state index contributed by atoms with van der Waals surface area (Å²) in [5, 5.41) is 71.7. The molecule has 0 bridgehead atoms. The molecule has 224 valence electrons. The van der Waals surface area contributed by atoms with Gasteiger partial charge in [0, 0.05) is 17.9 Å². The van der Waals surface area contributed by atoms with E-state index >= 15 is 0 Å². The van der Waals surface area contributed by atoms with Gasteiger partial charge >= 0.3 is 5.97 Å². The van der Waals surface area contributed by atoms with Crippen LogP contribution in [0.1, 0.15) is 19.3 Å². The third-order valence-corrected chi connectivity index (χ3v) is 9.02. The minimum atomic E-state index is -1.77. The van der Waals surface area contributed by atoms with Crippen LogP contribution in [0.3, 0.4) is 0 Å². The van der Waals surface area contributed by atoms with Crippen molar-refractivity contribution in [2.45, 2.75) is 92.9 Å². The van der Waals surface area contributed by atoms with E-state index in [1.807, 2.05) is 0 Å². The van der Waals surface area contributed by atoms with Crippen LogP contribution in [0.2, 0.25) is 0 Å². The molecule has 5 rings (SSSR count). The predicted octanol–water partition coefficient (Wildman–Crippen LogP) is -2.36. The van der Waals surface area contributed by atoms with Crippen molar-refractivity contribution in [1.82, 2.24) is 0 Å². The molecule has 0 spiro atoms. The minimum Gasteiger partial charge on any atom is -0.458 e. The number of aliphatic hydroxyl groups is 7. The Morgan fingerprint density at radius 3 is 2.02 bits per heavy atom. The van der Waals surface area contributed by atoms with Gasteiger partial charge in [0.05, 0.1) is 19.3 Å². The summed E-state index contributed by atoms with van der Waals surface area (Å²) in [4.78, 5) is 12.1. The molecule has 7 N–H and O–H groups in total. The molecule has 40 heavy (non-hydrogen) atoms. The Kier molecular flexibility index (Phi) is 8.55. The maximum absolute atomic E-state index is 12.1. The van der Waals surface area contributed by atoms with Gasteiger partial charge < -0.3 is 59.4 Å². The van der Waals surface area contributed by atoms with E-state index < -0.39 is 86.7 Å². The van der Waals surface area contributed by atoms with Crippen LogP contribution in [-0.4, -0.2) is 129 Å². The summed E-state index contributed by atoms with van der Waals surface area (Å²) >= 11 is 0. The second-order valence-electron chi connectivity index (χ2n) is 11.3. The van der Waals surface area contributed by atoms with Gasteiger partial charge in [-0.05, 0) is 30.3 Å². The largest absolute Gasteiger partial charge is 0.458 e. The van der Waals surface area contributed by atoms with Gasteiger partial charge in [0.15, 0.2) is 12.6 Å². The van der Waals surface area contributed by atoms with E-state index in [-0.39, 0.29) is 23.9 Å². The van der Waals surface area contributed by atoms with Crippen LogP contribution in [0.5, 0.6) is 0 Å². The zero-order chi connectivity index (χ0) is 29.0. The Hall–Kier alpha value is -1.75. The number of hydrogen-bond acceptors (Lipinski definition) is 13. The molecule has 13 nitrogen and oxygen atoms in total. The lowest BCUT2D eigenvalue weighted by atomic mass is 9.83. The minimum absolute atomic E-state index is 0.0178. The molecule has 3 heterocycles. The normalized spacial score (nSPS) is 49.4. The molecular weight excluding hydrogens is 532 g/mol. The van der Waals surface area contributed by atoms with E-state index in [2.05, 4.69) is 19.7 Å². The standard InChI is InChI=1S/C27H38O13/c1-9-4-16-14(11(3)25(35)36-16)5-13-10(2)15(6-12(9)13)37-27-23(34)24(20(31)18(8-29)39-27)40-26-22(33)21(32)19(30)17(7-28)38-26/h12-24,26-34H,1-8H2. The molecule has 0 aromatic carbocycles. The highest BCUT2D eigenvalue weighted by molar-refractivity contribution is 5.90. The third kappa shape index (κ3) is 5.07. The topological polar surface area (TPSA) is 205 Å². The predicted molar refractivity (Wildman–Crippen MR) is 133 cm³/mol. The third-order valence-electron chi connectivity index (χ3n) is 9.02. The molecule has 0 radical (unpaired) electrons. The second kappa shape index (κ2) is 11.5. The van der Waals surface area contributed by atoms with Crippen LogP contribution in [0.4, 0.5) is 0 Å². The van der Waals surface area contributed by atoms with Gasteiger partial charge in [0.25, 0.3) is 0 Å². The molecule has 0 amide bonds. The van der Waals surface area contributed by atoms with E-state index in [1.165, 1.54) is 0 Å². The van der Waals surface area contributed by atoms with E-state index in [1.54, 1.807) is 0 Å². The zero-order valence-electron chi connectivity index (χ0n) is 21.9. The summed E-state index contributed by atoms with van der Waals surface area (Å²) in [6, 6.07) is 0. The van der Waals surface area contributed by atoms with Crippen molar-refractivity contribution < 1.29 is 64.2 Å². The first kappa shape index (κ1) is 29.7. The van der Waals surface area contributed by atoms with Gasteiger partial charge in [-0.1, -0.05) is 25.3 Å². The molecule has 2 saturated carbocycles. The lowest BCUT2D eigenvalue weighted by Gasteiger charge is -2.46. The van der Waals surface area contributed by atoms with Gasteiger partial charge in [-0.15, -0.1) is 0 Å². The monoisotopic (exact) mass is 570 g/mol. The molecule has 2 aliphatic carbocycles. The Bertz CT molecular complexity index is 1010. The molecule has 3 saturated heterocycles. The summed E-state index contributed by atoms with van der Waals surface area (Å²) in [5.41, 5.74) is 2.03. The summed E-state index contributed by atoms with van der Waals surface area (Å²) in [6.07, 6.45) is -14.8. The number of carbonyl (C=O) groups excluding carboxylic acids is 1. The van der Waals surface area contributed by atoms with Gasteiger partial charge in [0.1, 0.15) is 54.9 Å². The fourth-order valence-corrected chi connectivity index (χ4v) is 6.61. The second-order valence-corrected chi connectivity index (χ2v) is 11.3. The quantitative estimate of drug-likeness (QED) is 0.102. The number of carbonyl (C=O) groups is 1. The Labute approximate surface area is 230 Å². The highest BCUT2D eigenvalue weighted by Gasteiger charge is 2.53. The number of rotatable bonds is 6. The maximum atomic E-state index is 12.1. The van der Waals surface area contributed by atoms with Crippen molar-refractivity contribution in [2.24, 2.45) is 17.8 Å². The number of aliphatic hydroxyl groups excluding tert-OH is 7. The first-order valence-corrected chi connectivity index (χ1v) is 13.5. The fourth-order valence-electron chi connectivity index (χ4n) is 6.61. The van der Waals surface area contributed by atoms with Crippen molar-refractivity contribution in [2.75, 3.05) is 13.2 Å². The van der Waals surface area contributed by atoms with Crippen LogP contribution >= 0.6 is 0 Å². The van der Waals surface area contributed by atoms with Crippen molar-refractivity contribution in [3.05, 3.63) is 36.5 Å². The van der Waals surface area contributed by atoms with Crippen LogP contribution in [0.25, 0.3) is 0 Å². The van der Waals surface area contributed by atoms with E-state index in [4.69, 9.17) is 23.7 Å². The van der Waals surface area contributed by atoms with Gasteiger partial charge in [-0.2, -0.15) is 0 Å². The van der Waals surface area contributed by atoms with Gasteiger partial charge in [-0.25, -0.2) is 4.79 Å². The Morgan fingerprint density at radius 2 is 1.38 bits per heavy atom. The first-order valence-electron chi connectivity index (χ1n) is 13.5. The fraction of sp³-hybridized carbons (Fsp3) is 0.741. The molecular formula is C27H38O13. The van der Waals surface area contributed by atoms with Crippen molar-refractivity contribution in [3.8, 4) is 0 Å². The SMILES string of the molecule is C=C1C(=O)OC2CC(=C)C3CC(OC4OC(CO)C(O)C(OC5OC(CO)C(O)C(O)C5O)C4O)C(=C)C3CC12. The van der Waals surface area contributed by atoms with E-state index in [0.717, 1.165) is 5.57 Å². The maximum Gasteiger partial charge on any atom is 0.334 e. The molecule has 5 aliphatic rings. The summed E-state index contributed by atoms with van der Waals surface area (Å²) < 4.78 is 28.3. The number of ether oxygens (including phenoxy) is 5. The Balaban J connectivity index is 1.30. The van der Waals surface area contributed by atoms with E-state index in [9.17, 15) is 40.5 Å². The van der Waals surface area contributed by atoms with Crippen LogP contribution in [0.15, 0.2) is 36.5 Å². The summed E-state index contributed by atoms with van der Waals surface area (Å²) in [5.74, 6) is -0.678. The number of fused-ring (bicyclic) bond motifs is 2. The Morgan fingerprint density at radius 1 is 0.750 bits per heavy atom. The lowest BCUT2D eigenvalue weighted by Crippen LogP contribution is -2.65. The zero-order valence-corrected chi connectivity index (χ0v) is 21.9. The molecule has 15 unspecified atom stereocenters. The van der Waals surface area contributed by atoms with Gasteiger partial charge in [0.2, 0.25) is 0 Å². The lowest BCUT2D eigenvalue weighted by molar-refractivity contribution is -0.362. The molecule has 5 fully saturated rings. The molecule has 0 aromatic rings. The average Bonchev–Trinajstić information content (AvgIpc) is 3.32. The average molecular weight is 571 g/mol. The highest BCUT2D eigenvalue weighted by atomic mass is 16.7. The summed E-state index contributed by atoms with van der Waals surface area (Å²) in [6.45, 7) is 11.0. The summed E-state index contributed by atoms with van der Waals surface area (Å²) in [7, 11) is 0. The van der Waals surface area contributed by atoms with Crippen molar-refractivity contribution in [3.63, 3.8) is 0 Å². The van der Waals surface area contributed by atoms with Gasteiger partial charge in [-0.3, -0.25) is 0 Å². The smallest absolute Gasteiger partial charge is 0.334 e. The molecule has 3 aliphatic heterocycles. The van der Waals surface area contributed by atoms with Crippen LogP contribution in [-0.2, 0) is 28.5 Å².